The number of hydrogen-bond acceptors (Lipinski definition) is 4. The van der Waals surface area contributed by atoms with E-state index in [0.717, 1.165) is 23.0 Å². The normalized spacial score (nSPS) is 15.0. The van der Waals surface area contributed by atoms with Crippen LogP contribution in [0.15, 0.2) is 83.9 Å². The number of para-hydroxylation sites is 1. The Balaban J connectivity index is 1.51. The number of amides is 1. The van der Waals surface area contributed by atoms with Crippen molar-refractivity contribution in [3.05, 3.63) is 106 Å². The van der Waals surface area contributed by atoms with Crippen LogP contribution >= 0.6 is 24.0 Å². The number of carboxylic acids is 1. The molecule has 7 heteroatoms. The zero-order valence-corrected chi connectivity index (χ0v) is 19.9. The molecule has 1 aliphatic rings. The Morgan fingerprint density at radius 2 is 1.85 bits per heavy atom. The average Bonchev–Trinajstić information content (AvgIpc) is 3.30. The van der Waals surface area contributed by atoms with Crippen molar-refractivity contribution in [2.75, 3.05) is 4.90 Å². The van der Waals surface area contributed by atoms with Gasteiger partial charge in [-0.25, -0.2) is 4.79 Å². The van der Waals surface area contributed by atoms with Gasteiger partial charge in [0.2, 0.25) is 0 Å². The molecule has 1 N–H and O–H groups in total. The molecule has 1 aromatic heterocycles. The fraction of sp³-hybridized carbons (Fsp3) is 0.0741. The van der Waals surface area contributed by atoms with Crippen LogP contribution < -0.4 is 4.90 Å². The molecule has 0 atom stereocenters. The Morgan fingerprint density at radius 1 is 1.06 bits per heavy atom. The monoisotopic (exact) mass is 484 g/mol. The molecule has 0 spiro atoms. The third-order valence-corrected chi connectivity index (χ3v) is 6.99. The predicted octanol–water partition coefficient (Wildman–Crippen LogP) is 6.10. The molecule has 0 bridgehead atoms. The van der Waals surface area contributed by atoms with Crippen molar-refractivity contribution >= 4 is 62.8 Å². The molecule has 1 aliphatic heterocycles. The van der Waals surface area contributed by atoms with Gasteiger partial charge in [-0.3, -0.25) is 9.69 Å². The van der Waals surface area contributed by atoms with Gasteiger partial charge in [-0.05, 0) is 42.8 Å². The first-order valence-corrected chi connectivity index (χ1v) is 11.9. The molecule has 0 radical (unpaired) electrons. The number of thiocarbonyl (C=S) groups is 1. The summed E-state index contributed by atoms with van der Waals surface area (Å²) in [5.41, 5.74) is 4.99. The van der Waals surface area contributed by atoms with Crippen molar-refractivity contribution in [2.45, 2.75) is 13.5 Å². The van der Waals surface area contributed by atoms with Gasteiger partial charge in [-0.2, -0.15) is 0 Å². The maximum Gasteiger partial charge on any atom is 0.335 e. The van der Waals surface area contributed by atoms with Crippen molar-refractivity contribution in [3.63, 3.8) is 0 Å². The van der Waals surface area contributed by atoms with Gasteiger partial charge in [0, 0.05) is 29.2 Å². The van der Waals surface area contributed by atoms with E-state index in [1.165, 1.54) is 39.9 Å². The SMILES string of the molecule is Cc1cccc(Cn2cc(/C=C3\SC(=S)N(c4cccc(C(=O)O)c4)C3=O)c3ccccc32)c1. The van der Waals surface area contributed by atoms with Crippen molar-refractivity contribution in [2.24, 2.45) is 0 Å². The topological polar surface area (TPSA) is 62.5 Å². The van der Waals surface area contributed by atoms with Crippen LogP contribution in [0.1, 0.15) is 27.0 Å². The van der Waals surface area contributed by atoms with E-state index in [1.54, 1.807) is 12.1 Å². The number of thioether (sulfide) groups is 1. The van der Waals surface area contributed by atoms with E-state index in [1.807, 2.05) is 24.3 Å². The molecule has 1 amide bonds. The smallest absolute Gasteiger partial charge is 0.335 e. The zero-order chi connectivity index (χ0) is 23.8. The van der Waals surface area contributed by atoms with Crippen LogP contribution in [0.2, 0.25) is 0 Å². The highest BCUT2D eigenvalue weighted by Crippen LogP contribution is 2.37. The van der Waals surface area contributed by atoms with E-state index in [9.17, 15) is 14.7 Å². The summed E-state index contributed by atoms with van der Waals surface area (Å²) in [5.74, 6) is -1.31. The van der Waals surface area contributed by atoms with Crippen LogP contribution in [0.25, 0.3) is 17.0 Å². The van der Waals surface area contributed by atoms with Crippen LogP contribution in [0.3, 0.4) is 0 Å². The quantitative estimate of drug-likeness (QED) is 0.274. The van der Waals surface area contributed by atoms with E-state index in [0.29, 0.717) is 14.9 Å². The second-order valence-corrected chi connectivity index (χ2v) is 9.77. The number of aryl methyl sites for hydroxylation is 1. The first-order valence-electron chi connectivity index (χ1n) is 10.7. The summed E-state index contributed by atoms with van der Waals surface area (Å²) >= 11 is 6.70. The molecule has 0 saturated carbocycles. The van der Waals surface area contributed by atoms with Crippen LogP contribution in [0.5, 0.6) is 0 Å². The molecule has 3 aromatic carbocycles. The van der Waals surface area contributed by atoms with E-state index >= 15 is 0 Å². The molecular formula is C27H20N2O3S2. The fourth-order valence-corrected chi connectivity index (χ4v) is 5.43. The summed E-state index contributed by atoms with van der Waals surface area (Å²) in [4.78, 5) is 26.5. The van der Waals surface area contributed by atoms with Gasteiger partial charge in [-0.1, -0.05) is 78.1 Å². The molecule has 1 fully saturated rings. The zero-order valence-electron chi connectivity index (χ0n) is 18.3. The first kappa shape index (κ1) is 22.1. The lowest BCUT2D eigenvalue weighted by Crippen LogP contribution is -2.27. The lowest BCUT2D eigenvalue weighted by molar-refractivity contribution is -0.113. The Morgan fingerprint density at radius 3 is 2.65 bits per heavy atom. The van der Waals surface area contributed by atoms with Gasteiger partial charge in [0.15, 0.2) is 4.32 Å². The second-order valence-electron chi connectivity index (χ2n) is 8.09. The van der Waals surface area contributed by atoms with E-state index in [2.05, 4.69) is 48.0 Å². The van der Waals surface area contributed by atoms with E-state index < -0.39 is 5.97 Å². The van der Waals surface area contributed by atoms with Gasteiger partial charge < -0.3 is 9.67 Å². The van der Waals surface area contributed by atoms with Crippen LogP contribution in [0, 0.1) is 6.92 Å². The number of aromatic nitrogens is 1. The number of carbonyl (C=O) groups excluding carboxylic acids is 1. The second kappa shape index (κ2) is 8.93. The minimum absolute atomic E-state index is 0.106. The number of carboxylic acid groups (broad SMARTS) is 1. The minimum atomic E-state index is -1.05. The molecule has 2 heterocycles. The number of carbonyl (C=O) groups is 2. The maximum absolute atomic E-state index is 13.3. The lowest BCUT2D eigenvalue weighted by atomic mass is 10.1. The van der Waals surface area contributed by atoms with Crippen molar-refractivity contribution in [1.29, 1.82) is 0 Å². The number of hydrogen-bond donors (Lipinski definition) is 1. The predicted molar refractivity (Wildman–Crippen MR) is 141 cm³/mol. The third-order valence-electron chi connectivity index (χ3n) is 5.69. The van der Waals surface area contributed by atoms with Crippen LogP contribution in [-0.2, 0) is 11.3 Å². The fourth-order valence-electron chi connectivity index (χ4n) is 4.14. The molecule has 0 aliphatic carbocycles. The number of rotatable bonds is 5. The summed E-state index contributed by atoms with van der Waals surface area (Å²) in [7, 11) is 0. The highest BCUT2D eigenvalue weighted by atomic mass is 32.2. The Bertz CT molecular complexity index is 1500. The van der Waals surface area contributed by atoms with Crippen LogP contribution in [0.4, 0.5) is 5.69 Å². The summed E-state index contributed by atoms with van der Waals surface area (Å²) in [6.07, 6.45) is 3.93. The Labute approximate surface area is 206 Å². The summed E-state index contributed by atoms with van der Waals surface area (Å²) in [6.45, 7) is 2.80. The van der Waals surface area contributed by atoms with Gasteiger partial charge in [0.1, 0.15) is 0 Å². The average molecular weight is 485 g/mol. The van der Waals surface area contributed by atoms with Crippen molar-refractivity contribution in [1.82, 2.24) is 4.57 Å². The molecule has 5 nitrogen and oxygen atoms in total. The van der Waals surface area contributed by atoms with Crippen molar-refractivity contribution in [3.8, 4) is 0 Å². The molecule has 0 unspecified atom stereocenters. The van der Waals surface area contributed by atoms with Gasteiger partial charge in [0.25, 0.3) is 5.91 Å². The molecule has 4 aromatic rings. The maximum atomic E-state index is 13.3. The number of benzene rings is 3. The standard InChI is InChI=1S/C27H20N2O3S2/c1-17-6-4-7-18(12-17)15-28-16-20(22-10-2-3-11-23(22)28)14-24-25(30)29(27(33)34-24)21-9-5-8-19(13-21)26(31)32/h2-14,16H,15H2,1H3,(H,31,32)/b24-14-. The number of anilines is 1. The van der Waals surface area contributed by atoms with Gasteiger partial charge in [-0.15, -0.1) is 0 Å². The molecular weight excluding hydrogens is 464 g/mol. The minimum Gasteiger partial charge on any atom is -0.478 e. The molecule has 1 saturated heterocycles. The van der Waals surface area contributed by atoms with Gasteiger partial charge >= 0.3 is 5.97 Å². The van der Waals surface area contributed by atoms with Crippen LogP contribution in [-0.4, -0.2) is 25.9 Å². The first-order chi connectivity index (χ1) is 16.4. The molecule has 34 heavy (non-hydrogen) atoms. The van der Waals surface area contributed by atoms with Crippen molar-refractivity contribution < 1.29 is 14.7 Å². The summed E-state index contributed by atoms with van der Waals surface area (Å²) < 4.78 is 2.56. The number of aromatic carboxylic acids is 1. The number of nitrogens with zero attached hydrogens (tertiary/aromatic N) is 2. The third kappa shape index (κ3) is 4.16. The van der Waals surface area contributed by atoms with E-state index in [-0.39, 0.29) is 11.5 Å². The highest BCUT2D eigenvalue weighted by molar-refractivity contribution is 8.27. The summed E-state index contributed by atoms with van der Waals surface area (Å²) in [6, 6.07) is 22.8. The molecule has 5 rings (SSSR count). The van der Waals surface area contributed by atoms with Gasteiger partial charge in [0.05, 0.1) is 16.2 Å². The largest absolute Gasteiger partial charge is 0.478 e. The highest BCUT2D eigenvalue weighted by Gasteiger charge is 2.33. The molecule has 168 valence electrons. The Hall–Kier alpha value is -3.68. The van der Waals surface area contributed by atoms with E-state index in [4.69, 9.17) is 12.2 Å². The Kier molecular flexibility index (Phi) is 5.81. The summed E-state index contributed by atoms with van der Waals surface area (Å²) in [5, 5.41) is 10.3. The lowest BCUT2D eigenvalue weighted by Gasteiger charge is -2.14. The number of fused-ring (bicyclic) bond motifs is 1.